The van der Waals surface area contributed by atoms with Crippen molar-refractivity contribution in [1.82, 2.24) is 5.32 Å². The highest BCUT2D eigenvalue weighted by Gasteiger charge is 2.17. The molecule has 0 aliphatic heterocycles. The van der Waals surface area contributed by atoms with E-state index in [1.165, 1.54) is 26.4 Å². The number of halogens is 2. The second kappa shape index (κ2) is 9.31. The van der Waals surface area contributed by atoms with Crippen molar-refractivity contribution in [2.45, 2.75) is 6.54 Å². The Hall–Kier alpha value is -2.44. The van der Waals surface area contributed by atoms with Crippen LogP contribution in [-0.2, 0) is 16.1 Å². The molecule has 0 unspecified atom stereocenters. The van der Waals surface area contributed by atoms with Gasteiger partial charge >= 0.3 is 5.97 Å². The third-order valence-electron chi connectivity index (χ3n) is 3.38. The molecule has 26 heavy (non-hydrogen) atoms. The first kappa shape index (κ1) is 19.9. The fourth-order valence-electron chi connectivity index (χ4n) is 2.15. The number of amides is 1. The predicted octanol–water partition coefficient (Wildman–Crippen LogP) is 3.48. The first-order chi connectivity index (χ1) is 12.4. The molecule has 1 N–H and O–H groups in total. The van der Waals surface area contributed by atoms with Gasteiger partial charge in [-0.05, 0) is 29.8 Å². The molecular weight excluding hydrogens is 381 g/mol. The van der Waals surface area contributed by atoms with Gasteiger partial charge in [0.25, 0.3) is 5.91 Å². The molecule has 0 atom stereocenters. The molecule has 1 amide bonds. The molecule has 0 bridgehead atoms. The molecule has 138 valence electrons. The summed E-state index contributed by atoms with van der Waals surface area (Å²) in [5.74, 6) is -0.544. The SMILES string of the molecule is COc1cc(C(=O)OCC(=O)NCc2cccc(Cl)c2)cc(Cl)c1OC. The Morgan fingerprint density at radius 1 is 1.08 bits per heavy atom. The lowest BCUT2D eigenvalue weighted by molar-refractivity contribution is -0.124. The van der Waals surface area contributed by atoms with Crippen LogP contribution in [-0.4, -0.2) is 32.7 Å². The summed E-state index contributed by atoms with van der Waals surface area (Å²) in [6.07, 6.45) is 0. The van der Waals surface area contributed by atoms with Crippen molar-refractivity contribution < 1.29 is 23.8 Å². The van der Waals surface area contributed by atoms with Crippen LogP contribution in [0.5, 0.6) is 11.5 Å². The van der Waals surface area contributed by atoms with E-state index >= 15 is 0 Å². The van der Waals surface area contributed by atoms with Crippen molar-refractivity contribution in [2.24, 2.45) is 0 Å². The maximum Gasteiger partial charge on any atom is 0.338 e. The number of rotatable bonds is 7. The summed E-state index contributed by atoms with van der Waals surface area (Å²) in [5.41, 5.74) is 0.985. The quantitative estimate of drug-likeness (QED) is 0.723. The average Bonchev–Trinajstić information content (AvgIpc) is 2.63. The maximum atomic E-state index is 12.1. The molecule has 0 heterocycles. The van der Waals surface area contributed by atoms with Gasteiger partial charge in [0.15, 0.2) is 18.1 Å². The molecule has 2 aromatic rings. The van der Waals surface area contributed by atoms with E-state index in [9.17, 15) is 9.59 Å². The van der Waals surface area contributed by atoms with Gasteiger partial charge in [0.1, 0.15) is 0 Å². The average molecular weight is 398 g/mol. The van der Waals surface area contributed by atoms with Gasteiger partial charge in [0, 0.05) is 11.6 Å². The van der Waals surface area contributed by atoms with Crippen LogP contribution in [0.4, 0.5) is 0 Å². The highest BCUT2D eigenvalue weighted by molar-refractivity contribution is 6.32. The zero-order valence-corrected chi connectivity index (χ0v) is 15.7. The van der Waals surface area contributed by atoms with Crippen molar-refractivity contribution in [2.75, 3.05) is 20.8 Å². The highest BCUT2D eigenvalue weighted by Crippen LogP contribution is 2.36. The Bertz CT molecular complexity index is 810. The minimum Gasteiger partial charge on any atom is -0.493 e. The Balaban J connectivity index is 1.91. The normalized spacial score (nSPS) is 10.2. The lowest BCUT2D eigenvalue weighted by Crippen LogP contribution is -2.28. The summed E-state index contributed by atoms with van der Waals surface area (Å²) in [5, 5.41) is 3.42. The summed E-state index contributed by atoms with van der Waals surface area (Å²) in [4.78, 5) is 23.9. The second-order valence-electron chi connectivity index (χ2n) is 5.18. The van der Waals surface area contributed by atoms with E-state index in [0.717, 1.165) is 5.56 Å². The monoisotopic (exact) mass is 397 g/mol. The van der Waals surface area contributed by atoms with Crippen LogP contribution >= 0.6 is 23.2 Å². The maximum absolute atomic E-state index is 12.1. The summed E-state index contributed by atoms with van der Waals surface area (Å²) < 4.78 is 15.2. The lowest BCUT2D eigenvalue weighted by Gasteiger charge is -2.11. The fourth-order valence-corrected chi connectivity index (χ4v) is 2.65. The van der Waals surface area contributed by atoms with Crippen LogP contribution in [0.1, 0.15) is 15.9 Å². The molecule has 0 saturated carbocycles. The van der Waals surface area contributed by atoms with Gasteiger partial charge < -0.3 is 19.5 Å². The number of carbonyl (C=O) groups is 2. The van der Waals surface area contributed by atoms with Crippen molar-refractivity contribution in [3.05, 3.63) is 57.6 Å². The van der Waals surface area contributed by atoms with Gasteiger partial charge in [-0.25, -0.2) is 4.79 Å². The molecule has 0 radical (unpaired) electrons. The molecule has 0 spiro atoms. The molecule has 2 aromatic carbocycles. The zero-order chi connectivity index (χ0) is 19.1. The molecule has 6 nitrogen and oxygen atoms in total. The van der Waals surface area contributed by atoms with Crippen LogP contribution in [0.15, 0.2) is 36.4 Å². The molecule has 0 aliphatic rings. The van der Waals surface area contributed by atoms with E-state index in [0.29, 0.717) is 10.8 Å². The number of hydrogen-bond donors (Lipinski definition) is 1. The van der Waals surface area contributed by atoms with Crippen LogP contribution in [0, 0.1) is 0 Å². The number of ether oxygens (including phenoxy) is 3. The third kappa shape index (κ3) is 5.28. The standard InChI is InChI=1S/C18H17Cl2NO5/c1-24-15-8-12(7-14(20)17(15)25-2)18(23)26-10-16(22)21-9-11-4-3-5-13(19)6-11/h3-8H,9-10H2,1-2H3,(H,21,22). The van der Waals surface area contributed by atoms with Crippen molar-refractivity contribution in [3.8, 4) is 11.5 Å². The number of benzene rings is 2. The number of nitrogens with one attached hydrogen (secondary N) is 1. The van der Waals surface area contributed by atoms with Crippen molar-refractivity contribution in [3.63, 3.8) is 0 Å². The number of methoxy groups -OCH3 is 2. The van der Waals surface area contributed by atoms with Gasteiger partial charge in [0.05, 0.1) is 24.8 Å². The summed E-state index contributed by atoms with van der Waals surface area (Å²) in [6.45, 7) is -0.148. The van der Waals surface area contributed by atoms with E-state index in [1.54, 1.807) is 18.2 Å². The molecule has 0 saturated heterocycles. The van der Waals surface area contributed by atoms with Crippen LogP contribution < -0.4 is 14.8 Å². The van der Waals surface area contributed by atoms with E-state index in [4.69, 9.17) is 37.4 Å². The van der Waals surface area contributed by atoms with E-state index in [-0.39, 0.29) is 22.9 Å². The van der Waals surface area contributed by atoms with Crippen molar-refractivity contribution >= 4 is 35.1 Å². The topological polar surface area (TPSA) is 73.9 Å². The molecular formula is C18H17Cl2NO5. The third-order valence-corrected chi connectivity index (χ3v) is 3.90. The van der Waals surface area contributed by atoms with E-state index in [1.807, 2.05) is 6.07 Å². The van der Waals surface area contributed by atoms with Crippen molar-refractivity contribution in [1.29, 1.82) is 0 Å². The van der Waals surface area contributed by atoms with Crippen LogP contribution in [0.2, 0.25) is 10.0 Å². The minimum absolute atomic E-state index is 0.148. The minimum atomic E-state index is -0.703. The number of carbonyl (C=O) groups excluding carboxylic acids is 2. The summed E-state index contributed by atoms with van der Waals surface area (Å²) in [7, 11) is 2.86. The molecule has 0 fully saturated rings. The van der Waals surface area contributed by atoms with E-state index < -0.39 is 18.5 Å². The Labute approximate surface area is 160 Å². The fraction of sp³-hybridized carbons (Fsp3) is 0.222. The summed E-state index contributed by atoms with van der Waals surface area (Å²) >= 11 is 11.9. The molecule has 0 aliphatic carbocycles. The smallest absolute Gasteiger partial charge is 0.338 e. The molecule has 2 rings (SSSR count). The number of hydrogen-bond acceptors (Lipinski definition) is 5. The van der Waals surface area contributed by atoms with Crippen LogP contribution in [0.3, 0.4) is 0 Å². The summed E-state index contributed by atoms with van der Waals surface area (Å²) in [6, 6.07) is 9.89. The first-order valence-electron chi connectivity index (χ1n) is 7.54. The highest BCUT2D eigenvalue weighted by atomic mass is 35.5. The Morgan fingerprint density at radius 2 is 1.85 bits per heavy atom. The van der Waals surface area contributed by atoms with Gasteiger partial charge in [-0.1, -0.05) is 35.3 Å². The predicted molar refractivity (Wildman–Crippen MR) is 98.1 cm³/mol. The van der Waals surface area contributed by atoms with Gasteiger partial charge in [-0.3, -0.25) is 4.79 Å². The van der Waals surface area contributed by atoms with E-state index in [2.05, 4.69) is 5.32 Å². The largest absolute Gasteiger partial charge is 0.493 e. The van der Waals surface area contributed by atoms with Crippen LogP contribution in [0.25, 0.3) is 0 Å². The molecule has 0 aromatic heterocycles. The Morgan fingerprint density at radius 3 is 2.50 bits per heavy atom. The van der Waals surface area contributed by atoms with Gasteiger partial charge in [-0.2, -0.15) is 0 Å². The Kier molecular flexibility index (Phi) is 7.12. The lowest BCUT2D eigenvalue weighted by atomic mass is 10.2. The van der Waals surface area contributed by atoms with Gasteiger partial charge in [0.2, 0.25) is 0 Å². The zero-order valence-electron chi connectivity index (χ0n) is 14.2. The number of esters is 1. The molecule has 8 heteroatoms. The second-order valence-corrected chi connectivity index (χ2v) is 6.02. The first-order valence-corrected chi connectivity index (χ1v) is 8.30. The van der Waals surface area contributed by atoms with Gasteiger partial charge in [-0.15, -0.1) is 0 Å².